The Morgan fingerprint density at radius 3 is 2.64 bits per heavy atom. The van der Waals surface area contributed by atoms with Crippen LogP contribution in [-0.2, 0) is 13.0 Å². The van der Waals surface area contributed by atoms with Gasteiger partial charge in [0, 0.05) is 53.5 Å². The molecule has 1 atom stereocenters. The molecule has 0 spiro atoms. The molecule has 3 aromatic carbocycles. The monoisotopic (exact) mass is 544 g/mol. The molecule has 0 saturated carbocycles. The first kappa shape index (κ1) is 25.0. The first-order chi connectivity index (χ1) is 19.0. The minimum absolute atomic E-state index is 0.285. The molecule has 5 aromatic rings. The highest BCUT2D eigenvalue weighted by Crippen LogP contribution is 2.40. The molecule has 39 heavy (non-hydrogen) atoms. The summed E-state index contributed by atoms with van der Waals surface area (Å²) in [5.41, 5.74) is 3.92. The van der Waals surface area contributed by atoms with E-state index in [4.69, 9.17) is 21.1 Å². The molecular formula is C30H26ClFN4O3. The quantitative estimate of drug-likeness (QED) is 0.229. The number of rotatable bonds is 7. The van der Waals surface area contributed by atoms with Crippen LogP contribution in [0.25, 0.3) is 10.9 Å². The molecule has 1 N–H and O–H groups in total. The van der Waals surface area contributed by atoms with E-state index >= 15 is 0 Å². The zero-order chi connectivity index (χ0) is 26.8. The Hall–Kier alpha value is -4.30. The van der Waals surface area contributed by atoms with Crippen LogP contribution in [0.5, 0.6) is 11.5 Å². The van der Waals surface area contributed by atoms with Crippen molar-refractivity contribution in [1.29, 1.82) is 0 Å². The molecule has 0 aliphatic carbocycles. The third-order valence-electron chi connectivity index (χ3n) is 6.90. The van der Waals surface area contributed by atoms with E-state index in [1.54, 1.807) is 11.1 Å². The van der Waals surface area contributed by atoms with E-state index in [1.807, 2.05) is 59.4 Å². The first-order valence-corrected chi connectivity index (χ1v) is 13.2. The Balaban J connectivity index is 1.26. The van der Waals surface area contributed by atoms with Crippen LogP contribution in [0.15, 0.2) is 85.2 Å². The largest absolute Gasteiger partial charge is 0.494 e. The third kappa shape index (κ3) is 5.33. The van der Waals surface area contributed by atoms with Gasteiger partial charge in [-0.25, -0.2) is 9.18 Å². The number of aromatic amines is 1. The molecule has 0 fully saturated rings. The maximum Gasteiger partial charge on any atom is 0.416 e. The fourth-order valence-corrected chi connectivity index (χ4v) is 5.23. The summed E-state index contributed by atoms with van der Waals surface area (Å²) in [5.74, 6) is 0.642. The lowest BCUT2D eigenvalue weighted by molar-refractivity contribution is 0.135. The summed E-state index contributed by atoms with van der Waals surface area (Å²) in [6, 6.07) is 20.4. The van der Waals surface area contributed by atoms with Gasteiger partial charge in [0.1, 0.15) is 23.4 Å². The molecule has 0 bridgehead atoms. The van der Waals surface area contributed by atoms with Gasteiger partial charge in [0.05, 0.1) is 6.61 Å². The highest BCUT2D eigenvalue weighted by Gasteiger charge is 2.35. The van der Waals surface area contributed by atoms with Crippen molar-refractivity contribution in [2.75, 3.05) is 13.2 Å². The maximum absolute atomic E-state index is 13.4. The standard InChI is InChI=1S/C30H26ClFN4O3/c31-21-5-12-27-26(19-21)25-13-17-36(30(37)39-24-10-6-22(32)7-11-24)29(28(25)34-27)20-3-8-23(9-4-20)38-18-2-16-35-15-1-14-33-35/h1,3-12,14-15,19,29,34H,2,13,16-18H2. The predicted octanol–water partition coefficient (Wildman–Crippen LogP) is 6.77. The van der Waals surface area contributed by atoms with Crippen molar-refractivity contribution in [3.8, 4) is 11.5 Å². The molecule has 198 valence electrons. The number of fused-ring (bicyclic) bond motifs is 3. The average molecular weight is 545 g/mol. The number of ether oxygens (including phenoxy) is 2. The number of halogens is 2. The molecule has 1 unspecified atom stereocenters. The second-order valence-corrected chi connectivity index (χ2v) is 9.85. The van der Waals surface area contributed by atoms with Crippen molar-refractivity contribution in [2.24, 2.45) is 0 Å². The van der Waals surface area contributed by atoms with Crippen LogP contribution in [0.4, 0.5) is 9.18 Å². The van der Waals surface area contributed by atoms with E-state index in [-0.39, 0.29) is 5.75 Å². The van der Waals surface area contributed by atoms with E-state index in [1.165, 1.54) is 24.3 Å². The fourth-order valence-electron chi connectivity index (χ4n) is 5.06. The number of carbonyl (C=O) groups is 1. The SMILES string of the molecule is O=C(Oc1ccc(F)cc1)N1CCc2c([nH]c3ccc(Cl)cc23)C1c1ccc(OCCCn2cccn2)cc1. The van der Waals surface area contributed by atoms with Crippen molar-refractivity contribution in [3.63, 3.8) is 0 Å². The number of nitrogens with one attached hydrogen (secondary N) is 1. The molecule has 1 amide bonds. The summed E-state index contributed by atoms with van der Waals surface area (Å²) < 4.78 is 26.8. The molecule has 0 saturated heterocycles. The number of carbonyl (C=O) groups excluding carboxylic acids is 1. The summed E-state index contributed by atoms with van der Waals surface area (Å²) in [7, 11) is 0. The van der Waals surface area contributed by atoms with Crippen LogP contribution in [0.2, 0.25) is 5.02 Å². The molecule has 9 heteroatoms. The van der Waals surface area contributed by atoms with E-state index in [2.05, 4.69) is 10.1 Å². The van der Waals surface area contributed by atoms with Crippen molar-refractivity contribution in [1.82, 2.24) is 19.7 Å². The zero-order valence-electron chi connectivity index (χ0n) is 21.0. The summed E-state index contributed by atoms with van der Waals surface area (Å²) in [4.78, 5) is 18.6. The van der Waals surface area contributed by atoms with Gasteiger partial charge in [-0.2, -0.15) is 5.10 Å². The predicted molar refractivity (Wildman–Crippen MR) is 147 cm³/mol. The van der Waals surface area contributed by atoms with Crippen LogP contribution < -0.4 is 9.47 Å². The Labute approximate surface area is 229 Å². The highest BCUT2D eigenvalue weighted by molar-refractivity contribution is 6.31. The number of nitrogens with zero attached hydrogens (tertiary/aromatic N) is 3. The van der Waals surface area contributed by atoms with Gasteiger partial charge in [0.25, 0.3) is 0 Å². The van der Waals surface area contributed by atoms with Crippen LogP contribution >= 0.6 is 11.6 Å². The lowest BCUT2D eigenvalue weighted by Gasteiger charge is -2.35. The van der Waals surface area contributed by atoms with Crippen LogP contribution in [0, 0.1) is 5.82 Å². The second kappa shape index (κ2) is 10.8. The van der Waals surface area contributed by atoms with Crippen molar-refractivity contribution in [3.05, 3.63) is 113 Å². The highest BCUT2D eigenvalue weighted by atomic mass is 35.5. The van der Waals surface area contributed by atoms with Crippen LogP contribution in [0.1, 0.15) is 29.3 Å². The number of aromatic nitrogens is 3. The number of amides is 1. The van der Waals surface area contributed by atoms with Gasteiger partial charge in [-0.05, 0) is 78.2 Å². The van der Waals surface area contributed by atoms with Crippen molar-refractivity contribution >= 4 is 28.6 Å². The van der Waals surface area contributed by atoms with E-state index in [0.29, 0.717) is 24.6 Å². The summed E-state index contributed by atoms with van der Waals surface area (Å²) in [6.45, 7) is 1.79. The number of hydrogen-bond acceptors (Lipinski definition) is 4. The summed E-state index contributed by atoms with van der Waals surface area (Å²) in [5, 5.41) is 5.91. The molecular weight excluding hydrogens is 519 g/mol. The summed E-state index contributed by atoms with van der Waals surface area (Å²) >= 11 is 6.31. The van der Waals surface area contributed by atoms with Gasteiger partial charge >= 0.3 is 6.09 Å². The minimum Gasteiger partial charge on any atom is -0.494 e. The van der Waals surface area contributed by atoms with Crippen molar-refractivity contribution in [2.45, 2.75) is 25.4 Å². The minimum atomic E-state index is -0.507. The number of hydrogen-bond donors (Lipinski definition) is 1. The molecule has 7 nitrogen and oxygen atoms in total. The molecule has 6 rings (SSSR count). The van der Waals surface area contributed by atoms with Gasteiger partial charge in [-0.3, -0.25) is 9.58 Å². The number of benzene rings is 3. The van der Waals surface area contributed by atoms with Gasteiger partial charge in [0.15, 0.2) is 0 Å². The normalized spacial score (nSPS) is 14.8. The van der Waals surface area contributed by atoms with E-state index in [0.717, 1.165) is 46.4 Å². The molecule has 3 heterocycles. The topological polar surface area (TPSA) is 72.4 Å². The lowest BCUT2D eigenvalue weighted by atomic mass is 9.92. The van der Waals surface area contributed by atoms with E-state index in [9.17, 15) is 9.18 Å². The van der Waals surface area contributed by atoms with E-state index < -0.39 is 18.0 Å². The van der Waals surface area contributed by atoms with Gasteiger partial charge in [0.2, 0.25) is 0 Å². The molecule has 2 aromatic heterocycles. The van der Waals surface area contributed by atoms with Gasteiger partial charge in [-0.15, -0.1) is 0 Å². The Kier molecular flexibility index (Phi) is 6.94. The zero-order valence-corrected chi connectivity index (χ0v) is 21.8. The molecule has 1 aliphatic rings. The fraction of sp³-hybridized carbons (Fsp3) is 0.200. The maximum atomic E-state index is 13.4. The van der Waals surface area contributed by atoms with Crippen LogP contribution in [-0.4, -0.2) is 38.9 Å². The summed E-state index contributed by atoms with van der Waals surface area (Å²) in [6.07, 6.45) is 4.65. The number of aryl methyl sites for hydroxylation is 1. The van der Waals surface area contributed by atoms with Gasteiger partial charge in [-0.1, -0.05) is 23.7 Å². The number of H-pyrrole nitrogens is 1. The van der Waals surface area contributed by atoms with Crippen LogP contribution in [0.3, 0.4) is 0 Å². The molecule has 0 radical (unpaired) electrons. The third-order valence-corrected chi connectivity index (χ3v) is 7.13. The Bertz CT molecular complexity index is 1580. The molecule has 1 aliphatic heterocycles. The Morgan fingerprint density at radius 1 is 1.08 bits per heavy atom. The second-order valence-electron chi connectivity index (χ2n) is 9.42. The van der Waals surface area contributed by atoms with Crippen molar-refractivity contribution < 1.29 is 18.7 Å². The first-order valence-electron chi connectivity index (χ1n) is 12.8. The smallest absolute Gasteiger partial charge is 0.416 e. The lowest BCUT2D eigenvalue weighted by Crippen LogP contribution is -2.42. The average Bonchev–Trinajstić information content (AvgIpc) is 3.60. The van der Waals surface area contributed by atoms with Gasteiger partial charge < -0.3 is 14.5 Å². The Morgan fingerprint density at radius 2 is 1.87 bits per heavy atom.